The zero-order chi connectivity index (χ0) is 20.3. The molecule has 0 spiro atoms. The first-order valence-corrected chi connectivity index (χ1v) is 9.80. The van der Waals surface area contributed by atoms with Crippen molar-refractivity contribution in [3.05, 3.63) is 71.9 Å². The summed E-state index contributed by atoms with van der Waals surface area (Å²) in [6.07, 6.45) is 2.74. The van der Waals surface area contributed by atoms with E-state index in [-0.39, 0.29) is 12.3 Å². The van der Waals surface area contributed by atoms with Gasteiger partial charge < -0.3 is 19.7 Å². The highest BCUT2D eigenvalue weighted by Gasteiger charge is 2.37. The van der Waals surface area contributed by atoms with Crippen molar-refractivity contribution in [1.29, 1.82) is 0 Å². The second kappa shape index (κ2) is 8.09. The number of ether oxygens (including phenoxy) is 1. The van der Waals surface area contributed by atoms with Gasteiger partial charge in [0.1, 0.15) is 0 Å². The number of aromatic nitrogens is 1. The molecule has 6 nitrogen and oxygen atoms in total. The van der Waals surface area contributed by atoms with Gasteiger partial charge in [0.05, 0.1) is 17.5 Å². The third kappa shape index (κ3) is 4.17. The molecule has 1 saturated heterocycles. The number of carboxylic acids is 1. The van der Waals surface area contributed by atoms with E-state index in [1.165, 1.54) is 0 Å². The van der Waals surface area contributed by atoms with E-state index >= 15 is 0 Å². The molecule has 1 amide bonds. The maximum absolute atomic E-state index is 13.2. The number of nitrogens with zero attached hydrogens (tertiary/aromatic N) is 1. The van der Waals surface area contributed by atoms with Crippen LogP contribution in [0, 0.1) is 0 Å². The maximum Gasteiger partial charge on any atom is 0.305 e. The standard InChI is InChI=1S/C23H24N2O4/c26-21(27)14-23(10-12-29-13-11-23)24-22(28)19-16-25(15-17-6-2-1-3-7-17)20-9-5-4-8-18(19)20/h1-9,16H,10-15H2,(H,24,28)(H,26,27). The van der Waals surface area contributed by atoms with Crippen LogP contribution in [0.2, 0.25) is 0 Å². The zero-order valence-corrected chi connectivity index (χ0v) is 16.1. The van der Waals surface area contributed by atoms with Crippen LogP contribution in [0.5, 0.6) is 0 Å². The van der Waals surface area contributed by atoms with Crippen molar-refractivity contribution in [2.24, 2.45) is 0 Å². The van der Waals surface area contributed by atoms with Gasteiger partial charge in [0.15, 0.2) is 0 Å². The van der Waals surface area contributed by atoms with Crippen LogP contribution in [0.1, 0.15) is 35.2 Å². The van der Waals surface area contributed by atoms with E-state index in [1.807, 2.05) is 48.7 Å². The second-order valence-corrected chi connectivity index (χ2v) is 7.59. The van der Waals surface area contributed by atoms with Crippen LogP contribution in [-0.2, 0) is 16.1 Å². The number of rotatable bonds is 6. The quantitative estimate of drug-likeness (QED) is 0.673. The molecular formula is C23H24N2O4. The van der Waals surface area contributed by atoms with Gasteiger partial charge in [-0.1, -0.05) is 48.5 Å². The molecule has 1 aromatic heterocycles. The van der Waals surface area contributed by atoms with E-state index in [1.54, 1.807) is 0 Å². The van der Waals surface area contributed by atoms with E-state index in [0.29, 0.717) is 38.2 Å². The van der Waals surface area contributed by atoms with Gasteiger partial charge in [-0.05, 0) is 24.5 Å². The lowest BCUT2D eigenvalue weighted by atomic mass is 9.86. The number of carboxylic acid groups (broad SMARTS) is 1. The van der Waals surface area contributed by atoms with Crippen LogP contribution in [0.25, 0.3) is 10.9 Å². The van der Waals surface area contributed by atoms with Gasteiger partial charge in [-0.25, -0.2) is 0 Å². The normalized spacial score (nSPS) is 15.9. The van der Waals surface area contributed by atoms with Crippen LogP contribution >= 0.6 is 0 Å². The topological polar surface area (TPSA) is 80.6 Å². The molecule has 1 aliphatic heterocycles. The first-order chi connectivity index (χ1) is 14.1. The summed E-state index contributed by atoms with van der Waals surface area (Å²) < 4.78 is 7.45. The summed E-state index contributed by atoms with van der Waals surface area (Å²) in [4.78, 5) is 24.6. The van der Waals surface area contributed by atoms with Gasteiger partial charge in [0.2, 0.25) is 0 Å². The van der Waals surface area contributed by atoms with Gasteiger partial charge in [0, 0.05) is 36.9 Å². The maximum atomic E-state index is 13.2. The molecule has 0 saturated carbocycles. The minimum atomic E-state index is -0.918. The van der Waals surface area contributed by atoms with Crippen LogP contribution in [0.3, 0.4) is 0 Å². The Morgan fingerprint density at radius 2 is 1.72 bits per heavy atom. The number of benzene rings is 2. The van der Waals surface area contributed by atoms with E-state index in [0.717, 1.165) is 16.5 Å². The minimum Gasteiger partial charge on any atom is -0.481 e. The molecule has 2 N–H and O–H groups in total. The molecule has 2 heterocycles. The molecule has 4 rings (SSSR count). The van der Waals surface area contributed by atoms with Crippen LogP contribution < -0.4 is 5.32 Å². The van der Waals surface area contributed by atoms with Crippen LogP contribution in [0.15, 0.2) is 60.8 Å². The zero-order valence-electron chi connectivity index (χ0n) is 16.1. The Morgan fingerprint density at radius 1 is 1.03 bits per heavy atom. The Hall–Kier alpha value is -3.12. The Bertz CT molecular complexity index is 1020. The van der Waals surface area contributed by atoms with E-state index in [2.05, 4.69) is 22.0 Å². The molecule has 0 aliphatic carbocycles. The molecule has 150 valence electrons. The molecule has 3 aromatic rings. The van der Waals surface area contributed by atoms with Crippen molar-refractivity contribution in [3.8, 4) is 0 Å². The number of carbonyl (C=O) groups excluding carboxylic acids is 1. The minimum absolute atomic E-state index is 0.106. The Balaban J connectivity index is 1.66. The third-order valence-electron chi connectivity index (χ3n) is 5.55. The molecule has 0 bridgehead atoms. The number of nitrogens with one attached hydrogen (secondary N) is 1. The fourth-order valence-electron chi connectivity index (χ4n) is 4.04. The van der Waals surface area contributed by atoms with Crippen molar-refractivity contribution in [3.63, 3.8) is 0 Å². The van der Waals surface area contributed by atoms with Crippen LogP contribution in [0.4, 0.5) is 0 Å². The molecule has 1 aliphatic rings. The number of hydrogen-bond acceptors (Lipinski definition) is 3. The Morgan fingerprint density at radius 3 is 2.45 bits per heavy atom. The van der Waals surface area contributed by atoms with Crippen molar-refractivity contribution in [1.82, 2.24) is 9.88 Å². The molecule has 0 unspecified atom stereocenters. The number of aliphatic carboxylic acids is 1. The first kappa shape index (κ1) is 19.2. The number of para-hydroxylation sites is 1. The summed E-state index contributed by atoms with van der Waals surface area (Å²) >= 11 is 0. The highest BCUT2D eigenvalue weighted by Crippen LogP contribution is 2.27. The first-order valence-electron chi connectivity index (χ1n) is 9.80. The van der Waals surface area contributed by atoms with Gasteiger partial charge in [-0.15, -0.1) is 0 Å². The number of carbonyl (C=O) groups is 2. The number of hydrogen-bond donors (Lipinski definition) is 2. The summed E-state index contributed by atoms with van der Waals surface area (Å²) in [6, 6.07) is 17.9. The van der Waals surface area contributed by atoms with Gasteiger partial charge >= 0.3 is 5.97 Å². The smallest absolute Gasteiger partial charge is 0.305 e. The number of fused-ring (bicyclic) bond motifs is 1. The molecule has 0 radical (unpaired) electrons. The molecular weight excluding hydrogens is 368 g/mol. The predicted octanol–water partition coefficient (Wildman–Crippen LogP) is 3.44. The Labute approximate surface area is 169 Å². The average molecular weight is 392 g/mol. The fourth-order valence-corrected chi connectivity index (χ4v) is 4.04. The third-order valence-corrected chi connectivity index (χ3v) is 5.55. The molecule has 1 fully saturated rings. The average Bonchev–Trinajstić information content (AvgIpc) is 3.07. The lowest BCUT2D eigenvalue weighted by Gasteiger charge is -2.36. The summed E-state index contributed by atoms with van der Waals surface area (Å²) in [5, 5.41) is 13.3. The Kier molecular flexibility index (Phi) is 5.36. The van der Waals surface area contributed by atoms with Crippen molar-refractivity contribution in [2.75, 3.05) is 13.2 Å². The van der Waals surface area contributed by atoms with E-state index < -0.39 is 11.5 Å². The van der Waals surface area contributed by atoms with Crippen molar-refractivity contribution < 1.29 is 19.4 Å². The predicted molar refractivity (Wildman–Crippen MR) is 110 cm³/mol. The second-order valence-electron chi connectivity index (χ2n) is 7.59. The highest BCUT2D eigenvalue weighted by atomic mass is 16.5. The van der Waals surface area contributed by atoms with Gasteiger partial charge in [-0.2, -0.15) is 0 Å². The molecule has 6 heteroatoms. The summed E-state index contributed by atoms with van der Waals surface area (Å²) in [5.41, 5.74) is 1.91. The summed E-state index contributed by atoms with van der Waals surface area (Å²) in [7, 11) is 0. The van der Waals surface area contributed by atoms with Crippen LogP contribution in [-0.4, -0.2) is 40.3 Å². The highest BCUT2D eigenvalue weighted by molar-refractivity contribution is 6.07. The molecule has 2 aromatic carbocycles. The molecule has 29 heavy (non-hydrogen) atoms. The molecule has 0 atom stereocenters. The van der Waals surface area contributed by atoms with E-state index in [4.69, 9.17) is 4.74 Å². The number of amides is 1. The van der Waals surface area contributed by atoms with Crippen molar-refractivity contribution >= 4 is 22.8 Å². The van der Waals surface area contributed by atoms with Gasteiger partial charge in [0.25, 0.3) is 5.91 Å². The summed E-state index contributed by atoms with van der Waals surface area (Å²) in [6.45, 7) is 1.55. The lowest BCUT2D eigenvalue weighted by molar-refractivity contribution is -0.139. The van der Waals surface area contributed by atoms with Gasteiger partial charge in [-0.3, -0.25) is 9.59 Å². The fraction of sp³-hybridized carbons (Fsp3) is 0.304. The van der Waals surface area contributed by atoms with E-state index in [9.17, 15) is 14.7 Å². The lowest BCUT2D eigenvalue weighted by Crippen LogP contribution is -2.53. The monoisotopic (exact) mass is 392 g/mol. The largest absolute Gasteiger partial charge is 0.481 e. The van der Waals surface area contributed by atoms with Crippen molar-refractivity contribution in [2.45, 2.75) is 31.3 Å². The summed E-state index contributed by atoms with van der Waals surface area (Å²) in [5.74, 6) is -1.16. The SMILES string of the molecule is O=C(O)CC1(NC(=O)c2cn(Cc3ccccc3)c3ccccc23)CCOCC1.